The summed E-state index contributed by atoms with van der Waals surface area (Å²) in [7, 11) is 2.82. The number of methoxy groups -OCH3 is 2. The van der Waals surface area contributed by atoms with Gasteiger partial charge in [-0.25, -0.2) is 9.59 Å². The van der Waals surface area contributed by atoms with E-state index in [0.717, 1.165) is 11.1 Å². The van der Waals surface area contributed by atoms with E-state index in [4.69, 9.17) is 14.2 Å². The number of hydrogen-bond acceptors (Lipinski definition) is 5. The summed E-state index contributed by atoms with van der Waals surface area (Å²) in [4.78, 5) is 24.3. The standard InChI is InChI=1S/C20H21NO6/c1-25-18-12-15(19(22)26-2)4-6-17(18)27-16-5-3-13-7-9-21(20(23)24)10-8-14(13)11-16/h3-6,11-12H,7-10H2,1-2H3,(H,23,24). The molecule has 1 amide bonds. The van der Waals surface area contributed by atoms with Gasteiger partial charge in [-0.2, -0.15) is 0 Å². The van der Waals surface area contributed by atoms with E-state index in [1.54, 1.807) is 18.2 Å². The molecule has 0 radical (unpaired) electrons. The highest BCUT2D eigenvalue weighted by molar-refractivity contribution is 5.90. The van der Waals surface area contributed by atoms with Crippen LogP contribution in [0.25, 0.3) is 0 Å². The molecule has 0 aromatic heterocycles. The lowest BCUT2D eigenvalue weighted by molar-refractivity contribution is 0.0600. The molecule has 0 saturated heterocycles. The molecule has 27 heavy (non-hydrogen) atoms. The molecule has 0 atom stereocenters. The van der Waals surface area contributed by atoms with Gasteiger partial charge in [0.25, 0.3) is 0 Å². The molecule has 1 aliphatic rings. The van der Waals surface area contributed by atoms with Crippen molar-refractivity contribution in [3.8, 4) is 17.2 Å². The molecule has 0 saturated carbocycles. The van der Waals surface area contributed by atoms with Gasteiger partial charge in [0.15, 0.2) is 11.5 Å². The van der Waals surface area contributed by atoms with Crippen LogP contribution in [0.5, 0.6) is 17.2 Å². The maximum absolute atomic E-state index is 11.7. The van der Waals surface area contributed by atoms with E-state index >= 15 is 0 Å². The molecule has 2 aromatic carbocycles. The summed E-state index contributed by atoms with van der Waals surface area (Å²) >= 11 is 0. The Morgan fingerprint density at radius 1 is 0.963 bits per heavy atom. The Balaban J connectivity index is 1.81. The van der Waals surface area contributed by atoms with E-state index in [0.29, 0.717) is 48.7 Å². The fourth-order valence-electron chi connectivity index (χ4n) is 3.08. The van der Waals surface area contributed by atoms with Crippen LogP contribution in [-0.2, 0) is 17.6 Å². The highest BCUT2D eigenvalue weighted by Crippen LogP contribution is 2.33. The number of rotatable bonds is 4. The van der Waals surface area contributed by atoms with Crippen molar-refractivity contribution >= 4 is 12.1 Å². The molecule has 1 N–H and O–H groups in total. The third-order valence-corrected chi connectivity index (χ3v) is 4.56. The van der Waals surface area contributed by atoms with Crippen LogP contribution >= 0.6 is 0 Å². The van der Waals surface area contributed by atoms with Crippen molar-refractivity contribution in [2.75, 3.05) is 27.3 Å². The molecule has 142 valence electrons. The van der Waals surface area contributed by atoms with Crippen molar-refractivity contribution in [2.24, 2.45) is 0 Å². The third kappa shape index (κ3) is 4.13. The van der Waals surface area contributed by atoms with Gasteiger partial charge < -0.3 is 24.2 Å². The number of carbonyl (C=O) groups is 2. The van der Waals surface area contributed by atoms with Crippen LogP contribution in [-0.4, -0.2) is 49.4 Å². The topological polar surface area (TPSA) is 85.3 Å². The second-order valence-corrected chi connectivity index (χ2v) is 6.16. The maximum Gasteiger partial charge on any atom is 0.407 e. The Labute approximate surface area is 157 Å². The zero-order valence-corrected chi connectivity index (χ0v) is 15.2. The molecule has 1 aliphatic heterocycles. The summed E-state index contributed by atoms with van der Waals surface area (Å²) in [5.74, 6) is 1.07. The molecule has 1 heterocycles. The second-order valence-electron chi connectivity index (χ2n) is 6.16. The van der Waals surface area contributed by atoms with Gasteiger partial charge in [-0.15, -0.1) is 0 Å². The molecule has 7 nitrogen and oxygen atoms in total. The van der Waals surface area contributed by atoms with Crippen LogP contribution in [0.2, 0.25) is 0 Å². The summed E-state index contributed by atoms with van der Waals surface area (Å²) < 4.78 is 16.0. The Morgan fingerprint density at radius 2 is 1.70 bits per heavy atom. The van der Waals surface area contributed by atoms with Gasteiger partial charge >= 0.3 is 12.1 Å². The lowest BCUT2D eigenvalue weighted by Gasteiger charge is -2.15. The van der Waals surface area contributed by atoms with E-state index in [2.05, 4.69) is 0 Å². The molecule has 2 aromatic rings. The predicted molar refractivity (Wildman–Crippen MR) is 97.9 cm³/mol. The minimum atomic E-state index is -0.894. The molecule has 0 fully saturated rings. The van der Waals surface area contributed by atoms with Gasteiger partial charge in [-0.05, 0) is 54.3 Å². The highest BCUT2D eigenvalue weighted by atomic mass is 16.5. The van der Waals surface area contributed by atoms with Gasteiger partial charge in [-0.3, -0.25) is 0 Å². The van der Waals surface area contributed by atoms with E-state index in [1.165, 1.54) is 19.1 Å². The van der Waals surface area contributed by atoms with Gasteiger partial charge in [0, 0.05) is 13.1 Å². The van der Waals surface area contributed by atoms with Crippen molar-refractivity contribution in [3.05, 3.63) is 53.1 Å². The molecule has 0 aliphatic carbocycles. The Bertz CT molecular complexity index is 864. The van der Waals surface area contributed by atoms with Gasteiger partial charge in [0.1, 0.15) is 5.75 Å². The molecule has 0 bridgehead atoms. The monoisotopic (exact) mass is 371 g/mol. The molecule has 0 spiro atoms. The zero-order chi connectivity index (χ0) is 19.4. The average molecular weight is 371 g/mol. The Kier molecular flexibility index (Phi) is 5.49. The summed E-state index contributed by atoms with van der Waals surface area (Å²) in [5, 5.41) is 9.18. The van der Waals surface area contributed by atoms with E-state index < -0.39 is 12.1 Å². The van der Waals surface area contributed by atoms with Crippen molar-refractivity contribution < 1.29 is 28.9 Å². The van der Waals surface area contributed by atoms with Crippen LogP contribution in [0.15, 0.2) is 36.4 Å². The number of amides is 1. The lowest BCUT2D eigenvalue weighted by Crippen LogP contribution is -2.31. The third-order valence-electron chi connectivity index (χ3n) is 4.56. The first-order chi connectivity index (χ1) is 13.0. The molecule has 3 rings (SSSR count). The number of fused-ring (bicyclic) bond motifs is 1. The zero-order valence-electron chi connectivity index (χ0n) is 15.2. The number of ether oxygens (including phenoxy) is 3. The quantitative estimate of drug-likeness (QED) is 0.830. The van der Waals surface area contributed by atoms with Crippen molar-refractivity contribution in [2.45, 2.75) is 12.8 Å². The molecule has 0 unspecified atom stereocenters. The number of benzene rings is 2. The van der Waals surface area contributed by atoms with E-state index in [9.17, 15) is 14.7 Å². The van der Waals surface area contributed by atoms with E-state index in [-0.39, 0.29) is 0 Å². The van der Waals surface area contributed by atoms with Gasteiger partial charge in [0.2, 0.25) is 0 Å². The first-order valence-electron chi connectivity index (χ1n) is 8.55. The van der Waals surface area contributed by atoms with Crippen molar-refractivity contribution in [1.82, 2.24) is 4.90 Å². The predicted octanol–water partition coefficient (Wildman–Crippen LogP) is 3.35. The molecular formula is C20H21NO6. The smallest absolute Gasteiger partial charge is 0.407 e. The SMILES string of the molecule is COC(=O)c1ccc(Oc2ccc3c(c2)CCN(C(=O)O)CC3)c(OC)c1. The fraction of sp³-hybridized carbons (Fsp3) is 0.300. The number of esters is 1. The Hall–Kier alpha value is -3.22. The normalized spacial score (nSPS) is 13.3. The lowest BCUT2D eigenvalue weighted by atomic mass is 10.0. The van der Waals surface area contributed by atoms with Gasteiger partial charge in [-0.1, -0.05) is 6.07 Å². The van der Waals surface area contributed by atoms with Crippen LogP contribution in [0.3, 0.4) is 0 Å². The number of carboxylic acid groups (broad SMARTS) is 1. The summed E-state index contributed by atoms with van der Waals surface area (Å²) in [6.07, 6.45) is 0.422. The van der Waals surface area contributed by atoms with Gasteiger partial charge in [0.05, 0.1) is 19.8 Å². The summed E-state index contributed by atoms with van der Waals surface area (Å²) in [6, 6.07) is 10.6. The number of carbonyl (C=O) groups excluding carboxylic acids is 1. The van der Waals surface area contributed by atoms with Crippen molar-refractivity contribution in [1.29, 1.82) is 0 Å². The molecule has 7 heteroatoms. The fourth-order valence-corrected chi connectivity index (χ4v) is 3.08. The minimum Gasteiger partial charge on any atom is -0.493 e. The molecular weight excluding hydrogens is 350 g/mol. The van der Waals surface area contributed by atoms with E-state index in [1.807, 2.05) is 18.2 Å². The number of nitrogens with zero attached hydrogens (tertiary/aromatic N) is 1. The number of hydrogen-bond donors (Lipinski definition) is 1. The second kappa shape index (κ2) is 7.99. The first kappa shape index (κ1) is 18.6. The minimum absolute atomic E-state index is 0.373. The average Bonchev–Trinajstić information content (AvgIpc) is 2.90. The first-order valence-corrected chi connectivity index (χ1v) is 8.55. The Morgan fingerprint density at radius 3 is 2.37 bits per heavy atom. The summed E-state index contributed by atoms with van der Waals surface area (Å²) in [6.45, 7) is 0.953. The van der Waals surface area contributed by atoms with Crippen molar-refractivity contribution in [3.63, 3.8) is 0 Å². The summed E-state index contributed by atoms with van der Waals surface area (Å²) in [5.41, 5.74) is 2.57. The van der Waals surface area contributed by atoms with Crippen LogP contribution in [0.1, 0.15) is 21.5 Å². The largest absolute Gasteiger partial charge is 0.493 e. The van der Waals surface area contributed by atoms with Crippen LogP contribution in [0, 0.1) is 0 Å². The van der Waals surface area contributed by atoms with Crippen LogP contribution in [0.4, 0.5) is 4.79 Å². The van der Waals surface area contributed by atoms with Crippen LogP contribution < -0.4 is 9.47 Å². The maximum atomic E-state index is 11.7. The highest BCUT2D eigenvalue weighted by Gasteiger charge is 2.18.